The summed E-state index contributed by atoms with van der Waals surface area (Å²) in [5.41, 5.74) is 0.829. The molecule has 0 atom stereocenters. The number of rotatable bonds is 2. The van der Waals surface area contributed by atoms with E-state index in [-0.39, 0.29) is 0 Å². The summed E-state index contributed by atoms with van der Waals surface area (Å²) >= 11 is 0. The zero-order valence-electron chi connectivity index (χ0n) is 7.32. The Kier molecular flexibility index (Phi) is 2.13. The lowest BCUT2D eigenvalue weighted by Gasteiger charge is -1.87. The second kappa shape index (κ2) is 3.44. The molecule has 1 aromatic rings. The van der Waals surface area contributed by atoms with Crippen LogP contribution in [0, 0.1) is 0 Å². The Bertz CT molecular complexity index is 432. The van der Waals surface area contributed by atoms with Crippen molar-refractivity contribution in [2.45, 2.75) is 6.42 Å². The van der Waals surface area contributed by atoms with Crippen molar-refractivity contribution in [2.24, 2.45) is 0 Å². The molecular weight excluding hydrogens is 164 g/mol. The van der Waals surface area contributed by atoms with Gasteiger partial charge in [0.15, 0.2) is 0 Å². The minimum atomic E-state index is 0.334. The van der Waals surface area contributed by atoms with Crippen LogP contribution in [0.4, 0.5) is 0 Å². The molecule has 66 valence electrons. The number of hydrogen-bond donors (Lipinski definition) is 0. The first kappa shape index (κ1) is 8.05. The van der Waals surface area contributed by atoms with E-state index in [1.54, 1.807) is 0 Å². The molecule has 0 amide bonds. The topological polar surface area (TPSA) is 20.5 Å². The van der Waals surface area contributed by atoms with Crippen molar-refractivity contribution in [3.8, 4) is 5.75 Å². The number of ether oxygens (including phenoxy) is 1. The molecule has 0 N–H and O–H groups in total. The predicted molar refractivity (Wildman–Crippen MR) is 52.7 cm³/mol. The number of fused-ring (bicyclic) bond motifs is 1. The van der Waals surface area contributed by atoms with Gasteiger partial charge in [0.2, 0.25) is 5.75 Å². The fraction of sp³-hybridized carbons (Fsp3) is 0.182. The SMILES string of the molecule is C=CC/C=c1/ccc2c(c1)OC[O+]=2. The average Bonchev–Trinajstić information content (AvgIpc) is 2.61. The van der Waals surface area contributed by atoms with Gasteiger partial charge < -0.3 is 4.74 Å². The van der Waals surface area contributed by atoms with Crippen LogP contribution in [0.3, 0.4) is 0 Å². The third kappa shape index (κ3) is 1.61. The van der Waals surface area contributed by atoms with Crippen molar-refractivity contribution in [2.75, 3.05) is 6.79 Å². The average molecular weight is 175 g/mol. The standard InChI is InChI=1S/C11H11O2/c1-2-3-4-9-5-6-10-11(7-9)13-8-12-10/h2,4-7H,1,3,8H2/q+1/b9-4-. The first-order valence-corrected chi connectivity index (χ1v) is 4.24. The smallest absolute Gasteiger partial charge is 0.403 e. The number of allylic oxidation sites excluding steroid dienone is 1. The van der Waals surface area contributed by atoms with E-state index in [4.69, 9.17) is 9.16 Å². The summed E-state index contributed by atoms with van der Waals surface area (Å²) in [6, 6.07) is 5.92. The number of hydrogen-bond acceptors (Lipinski definition) is 1. The van der Waals surface area contributed by atoms with E-state index in [1.807, 2.05) is 24.3 Å². The van der Waals surface area contributed by atoms with Gasteiger partial charge in [-0.25, -0.2) is 4.42 Å². The van der Waals surface area contributed by atoms with Crippen molar-refractivity contribution in [1.29, 1.82) is 0 Å². The largest absolute Gasteiger partial charge is 0.412 e. The van der Waals surface area contributed by atoms with E-state index >= 15 is 0 Å². The fourth-order valence-electron chi connectivity index (χ4n) is 1.26. The quantitative estimate of drug-likeness (QED) is 0.485. The van der Waals surface area contributed by atoms with E-state index in [0.717, 1.165) is 22.8 Å². The van der Waals surface area contributed by atoms with Gasteiger partial charge in [0.1, 0.15) is 0 Å². The Morgan fingerprint density at radius 1 is 1.54 bits per heavy atom. The van der Waals surface area contributed by atoms with Crippen LogP contribution in [0.1, 0.15) is 6.42 Å². The Hall–Kier alpha value is -1.57. The van der Waals surface area contributed by atoms with E-state index < -0.39 is 0 Å². The molecule has 1 aromatic carbocycles. The molecule has 0 aromatic heterocycles. The summed E-state index contributed by atoms with van der Waals surface area (Å²) < 4.78 is 10.5. The van der Waals surface area contributed by atoms with E-state index in [1.165, 1.54) is 0 Å². The first-order valence-electron chi connectivity index (χ1n) is 4.24. The lowest BCUT2D eigenvalue weighted by molar-refractivity contribution is 0.371. The van der Waals surface area contributed by atoms with Gasteiger partial charge in [-0.2, -0.15) is 0 Å². The second-order valence-electron chi connectivity index (χ2n) is 2.84. The molecule has 0 saturated carbocycles. The van der Waals surface area contributed by atoms with Crippen LogP contribution in [-0.2, 0) is 0 Å². The lowest BCUT2D eigenvalue weighted by atomic mass is 10.2. The van der Waals surface area contributed by atoms with Gasteiger partial charge in [-0.15, -0.1) is 6.58 Å². The van der Waals surface area contributed by atoms with Gasteiger partial charge in [0, 0.05) is 6.07 Å². The zero-order chi connectivity index (χ0) is 9.10. The van der Waals surface area contributed by atoms with E-state index in [0.29, 0.717) is 6.79 Å². The van der Waals surface area contributed by atoms with Gasteiger partial charge >= 0.3 is 12.2 Å². The van der Waals surface area contributed by atoms with Crippen LogP contribution >= 0.6 is 0 Å². The van der Waals surface area contributed by atoms with Crippen molar-refractivity contribution in [1.82, 2.24) is 0 Å². The summed E-state index contributed by atoms with van der Waals surface area (Å²) in [4.78, 5) is 0. The molecule has 1 aliphatic rings. The molecule has 0 aliphatic carbocycles. The van der Waals surface area contributed by atoms with Gasteiger partial charge in [-0.1, -0.05) is 12.2 Å². The van der Waals surface area contributed by atoms with Crippen LogP contribution in [0.2, 0.25) is 0 Å². The van der Waals surface area contributed by atoms with Gasteiger partial charge in [-0.05, 0) is 23.8 Å². The van der Waals surface area contributed by atoms with Crippen molar-refractivity contribution < 1.29 is 4.74 Å². The Morgan fingerprint density at radius 2 is 2.46 bits per heavy atom. The first-order chi connectivity index (χ1) is 6.40. The maximum absolute atomic E-state index is 5.25. The highest BCUT2D eigenvalue weighted by Gasteiger charge is 2.14. The van der Waals surface area contributed by atoms with Crippen LogP contribution in [0.5, 0.6) is 5.75 Å². The summed E-state index contributed by atoms with van der Waals surface area (Å²) in [7, 11) is 0. The highest BCUT2D eigenvalue weighted by molar-refractivity contribution is 5.33. The van der Waals surface area contributed by atoms with Crippen LogP contribution in [0.15, 0.2) is 35.3 Å². The summed E-state index contributed by atoms with van der Waals surface area (Å²) in [6.07, 6.45) is 4.83. The van der Waals surface area contributed by atoms with Gasteiger partial charge in [0.25, 0.3) is 0 Å². The Labute approximate surface area is 76.5 Å². The van der Waals surface area contributed by atoms with Gasteiger partial charge in [0.05, 0.1) is 0 Å². The lowest BCUT2D eigenvalue weighted by Crippen LogP contribution is -2.07. The summed E-state index contributed by atoms with van der Waals surface area (Å²) in [5.74, 6) is 0.831. The zero-order valence-corrected chi connectivity index (χ0v) is 7.32. The van der Waals surface area contributed by atoms with Crippen LogP contribution < -0.4 is 15.4 Å². The van der Waals surface area contributed by atoms with Gasteiger partial charge in [-0.3, -0.25) is 0 Å². The van der Waals surface area contributed by atoms with Crippen molar-refractivity contribution in [3.05, 3.63) is 45.9 Å². The molecule has 0 radical (unpaired) electrons. The highest BCUT2D eigenvalue weighted by atomic mass is 16.6. The molecule has 2 nitrogen and oxygen atoms in total. The van der Waals surface area contributed by atoms with Crippen molar-refractivity contribution in [3.63, 3.8) is 0 Å². The predicted octanol–water partition coefficient (Wildman–Crippen LogP) is 1.01. The fourth-order valence-corrected chi connectivity index (χ4v) is 1.26. The molecule has 2 heteroatoms. The van der Waals surface area contributed by atoms with E-state index in [2.05, 4.69) is 12.7 Å². The monoisotopic (exact) mass is 175 g/mol. The highest BCUT2D eigenvalue weighted by Crippen LogP contribution is 2.03. The van der Waals surface area contributed by atoms with Crippen LogP contribution in [-0.4, -0.2) is 6.79 Å². The minimum Gasteiger partial charge on any atom is -0.403 e. The third-order valence-corrected chi connectivity index (χ3v) is 1.92. The molecule has 1 heterocycles. The minimum absolute atomic E-state index is 0.334. The molecular formula is C11H11O2+. The number of benzene rings is 1. The summed E-state index contributed by atoms with van der Waals surface area (Å²) in [6.45, 7) is 3.99. The maximum atomic E-state index is 5.25. The Balaban J connectivity index is 2.43. The molecule has 0 fully saturated rings. The summed E-state index contributed by atoms with van der Waals surface area (Å²) in [5, 5.41) is 1.14. The Morgan fingerprint density at radius 3 is 3.31 bits per heavy atom. The maximum Gasteiger partial charge on any atom is 0.412 e. The molecule has 0 unspecified atom stereocenters. The molecule has 2 rings (SSSR count). The van der Waals surface area contributed by atoms with Crippen molar-refractivity contribution >= 4 is 6.08 Å². The molecule has 1 aliphatic heterocycles. The second-order valence-corrected chi connectivity index (χ2v) is 2.84. The molecule has 13 heavy (non-hydrogen) atoms. The molecule has 0 saturated heterocycles. The molecule has 0 bridgehead atoms. The van der Waals surface area contributed by atoms with Crippen LogP contribution in [0.25, 0.3) is 6.08 Å². The normalized spacial score (nSPS) is 14.6. The third-order valence-electron chi connectivity index (χ3n) is 1.92. The molecule has 0 spiro atoms. The van der Waals surface area contributed by atoms with E-state index in [9.17, 15) is 0 Å².